The number of amides is 1. The van der Waals surface area contributed by atoms with Crippen molar-refractivity contribution >= 4 is 64.2 Å². The number of hydrogen-bond donors (Lipinski definition) is 1. The minimum atomic E-state index is -1.80. The zero-order valence-corrected chi connectivity index (χ0v) is 24.2. The molecule has 4 rings (SSSR count). The Hall–Kier alpha value is -1.21. The van der Waals surface area contributed by atoms with E-state index in [1.807, 2.05) is 12.2 Å². The van der Waals surface area contributed by atoms with Crippen molar-refractivity contribution < 1.29 is 23.9 Å². The predicted molar refractivity (Wildman–Crippen MR) is 145 cm³/mol. The van der Waals surface area contributed by atoms with Crippen LogP contribution in [0.2, 0.25) is 0 Å². The monoisotopic (exact) mass is 591 g/mol. The van der Waals surface area contributed by atoms with Crippen molar-refractivity contribution in [1.29, 1.82) is 0 Å². The first-order valence-electron chi connectivity index (χ1n) is 12.8. The van der Waals surface area contributed by atoms with Gasteiger partial charge in [-0.3, -0.25) is 9.59 Å². The molecule has 2 heterocycles. The van der Waals surface area contributed by atoms with Crippen molar-refractivity contribution in [1.82, 2.24) is 5.32 Å². The number of allylic oxidation sites excluding steroid dienone is 4. The summed E-state index contributed by atoms with van der Waals surface area (Å²) in [5, 5.41) is 2.79. The highest BCUT2D eigenvalue weighted by Crippen LogP contribution is 2.50. The van der Waals surface area contributed by atoms with Crippen LogP contribution in [0.1, 0.15) is 52.9 Å². The van der Waals surface area contributed by atoms with E-state index in [4.69, 9.17) is 55.9 Å². The van der Waals surface area contributed by atoms with Crippen LogP contribution in [0.25, 0.3) is 0 Å². The van der Waals surface area contributed by atoms with Crippen molar-refractivity contribution in [2.75, 3.05) is 6.54 Å². The number of nitrogens with one attached hydrogen (secondary N) is 1. The molecule has 0 aromatic carbocycles. The minimum Gasteiger partial charge on any atom is -0.458 e. The number of esters is 2. The normalized spacial score (nSPS) is 41.7. The second-order valence-electron chi connectivity index (χ2n) is 11.0. The van der Waals surface area contributed by atoms with E-state index in [9.17, 15) is 14.4 Å². The maximum absolute atomic E-state index is 12.9. The SMILES string of the molecule is C/C1=C\[C@H](C)CC[C@H](C(Cl)(Cl)Cl)OC(=O)C[C@H]([C@@H]2C[C@H]2Cl)OC(=O)/C=C/[C@@H]2[C@@H]1CC=C1C(=O)NC[C@@]12C. The molecule has 204 valence electrons. The zero-order valence-electron chi connectivity index (χ0n) is 21.1. The van der Waals surface area contributed by atoms with Gasteiger partial charge in [0.2, 0.25) is 9.70 Å². The Morgan fingerprint density at radius 1 is 1.14 bits per heavy atom. The third-order valence-electron chi connectivity index (χ3n) is 8.19. The van der Waals surface area contributed by atoms with Crippen LogP contribution in [-0.4, -0.2) is 45.8 Å². The Balaban J connectivity index is 1.68. The third-order valence-corrected chi connectivity index (χ3v) is 9.42. The van der Waals surface area contributed by atoms with Gasteiger partial charge in [0.05, 0.1) is 6.42 Å². The summed E-state index contributed by atoms with van der Waals surface area (Å²) in [4.78, 5) is 38.3. The van der Waals surface area contributed by atoms with E-state index in [1.165, 1.54) is 6.08 Å². The van der Waals surface area contributed by atoms with Crippen molar-refractivity contribution in [3.63, 3.8) is 0 Å². The van der Waals surface area contributed by atoms with Gasteiger partial charge in [0.25, 0.3) is 0 Å². The van der Waals surface area contributed by atoms with Crippen LogP contribution in [0, 0.1) is 29.1 Å². The molecule has 2 fully saturated rings. The lowest BCUT2D eigenvalue weighted by Gasteiger charge is -2.41. The molecule has 1 saturated carbocycles. The number of halogens is 4. The molecule has 1 amide bonds. The predicted octanol–water partition coefficient (Wildman–Crippen LogP) is 5.83. The summed E-state index contributed by atoms with van der Waals surface area (Å²) < 4.78 is 9.48. The van der Waals surface area contributed by atoms with Crippen LogP contribution in [0.3, 0.4) is 0 Å². The Bertz CT molecular complexity index is 1030. The number of cyclic esters (lactones) is 2. The van der Waals surface area contributed by atoms with E-state index in [1.54, 1.807) is 0 Å². The molecule has 0 aromatic heterocycles. The molecule has 1 saturated heterocycles. The van der Waals surface area contributed by atoms with Gasteiger partial charge >= 0.3 is 11.9 Å². The summed E-state index contributed by atoms with van der Waals surface area (Å²) in [6.45, 7) is 6.70. The average Bonchev–Trinajstić information content (AvgIpc) is 3.45. The average molecular weight is 593 g/mol. The Morgan fingerprint density at radius 3 is 2.49 bits per heavy atom. The summed E-state index contributed by atoms with van der Waals surface area (Å²) in [5.41, 5.74) is 1.46. The van der Waals surface area contributed by atoms with Gasteiger partial charge in [-0.05, 0) is 50.4 Å². The molecule has 4 aliphatic rings. The Morgan fingerprint density at radius 2 is 1.84 bits per heavy atom. The highest BCUT2D eigenvalue weighted by atomic mass is 35.6. The molecule has 0 bridgehead atoms. The molecule has 2 aliphatic carbocycles. The second-order valence-corrected chi connectivity index (χ2v) is 14.0. The maximum atomic E-state index is 12.9. The van der Waals surface area contributed by atoms with Gasteiger partial charge in [0.1, 0.15) is 12.2 Å². The summed E-state index contributed by atoms with van der Waals surface area (Å²) in [6, 6.07) is 0. The number of alkyl halides is 4. The van der Waals surface area contributed by atoms with Crippen LogP contribution < -0.4 is 5.32 Å². The van der Waals surface area contributed by atoms with Gasteiger partial charge in [-0.15, -0.1) is 11.6 Å². The second kappa shape index (κ2) is 11.1. The van der Waals surface area contributed by atoms with E-state index < -0.39 is 33.4 Å². The highest BCUT2D eigenvalue weighted by molar-refractivity contribution is 6.68. The first kappa shape index (κ1) is 28.8. The molecule has 0 aromatic rings. The van der Waals surface area contributed by atoms with E-state index >= 15 is 0 Å². The number of carbonyl (C=O) groups excluding carboxylic acids is 3. The van der Waals surface area contributed by atoms with Crippen LogP contribution in [-0.2, 0) is 23.9 Å². The van der Waals surface area contributed by atoms with Gasteiger partial charge in [0, 0.05) is 34.9 Å². The van der Waals surface area contributed by atoms with E-state index in [-0.39, 0.29) is 41.4 Å². The highest BCUT2D eigenvalue weighted by Gasteiger charge is 2.50. The quantitative estimate of drug-likeness (QED) is 0.235. The summed E-state index contributed by atoms with van der Waals surface area (Å²) in [7, 11) is 0. The van der Waals surface area contributed by atoms with Crippen LogP contribution >= 0.6 is 46.4 Å². The lowest BCUT2D eigenvalue weighted by atomic mass is 9.61. The molecule has 6 nitrogen and oxygen atoms in total. The molecule has 37 heavy (non-hydrogen) atoms. The fraction of sp³-hybridized carbons (Fsp3) is 0.667. The van der Waals surface area contributed by atoms with Gasteiger partial charge in [-0.2, -0.15) is 0 Å². The van der Waals surface area contributed by atoms with Gasteiger partial charge in [0.15, 0.2) is 0 Å². The summed E-state index contributed by atoms with van der Waals surface area (Å²) in [6.07, 6.45) is 7.96. The maximum Gasteiger partial charge on any atom is 0.330 e. The zero-order chi connectivity index (χ0) is 27.1. The standard InChI is InChI=1S/C27H33Cl4NO5/c1-14-4-8-22(27(29,30)31)37-24(34)12-21(17-11-20(17)28)36-23(33)9-7-18-16(15(2)10-14)5-6-19-25(35)32-13-26(18,19)3/h6-7,9-10,14,16-18,20-22H,4-5,8,11-13H2,1-3H3,(H,32,35)/b9-7+,15-10+/t14-,16-,17-,18-,20-,21-,22-,26-/m1/s1. The van der Waals surface area contributed by atoms with Gasteiger partial charge in [-0.25, -0.2) is 4.79 Å². The van der Waals surface area contributed by atoms with Crippen molar-refractivity contribution in [3.8, 4) is 0 Å². The fourth-order valence-electron chi connectivity index (χ4n) is 5.94. The lowest BCUT2D eigenvalue weighted by molar-refractivity contribution is -0.156. The Kier molecular flexibility index (Phi) is 8.65. The van der Waals surface area contributed by atoms with Crippen molar-refractivity contribution in [2.45, 2.75) is 74.3 Å². The van der Waals surface area contributed by atoms with Crippen molar-refractivity contribution in [2.24, 2.45) is 29.1 Å². The number of rotatable bonds is 1. The molecule has 0 spiro atoms. The van der Waals surface area contributed by atoms with E-state index in [0.717, 1.165) is 11.1 Å². The molecule has 10 heteroatoms. The van der Waals surface area contributed by atoms with E-state index in [2.05, 4.69) is 32.2 Å². The summed E-state index contributed by atoms with van der Waals surface area (Å²) in [5.74, 6) is -1.27. The molecular weight excluding hydrogens is 560 g/mol. The minimum absolute atomic E-state index is 0.0581. The molecule has 1 N–H and O–H groups in total. The largest absolute Gasteiger partial charge is 0.458 e. The molecular formula is C27H33Cl4NO5. The number of hydrogen-bond acceptors (Lipinski definition) is 5. The van der Waals surface area contributed by atoms with Gasteiger partial charge in [-0.1, -0.05) is 72.5 Å². The van der Waals surface area contributed by atoms with Crippen molar-refractivity contribution in [3.05, 3.63) is 35.5 Å². The molecule has 0 unspecified atom stereocenters. The number of fused-ring (bicyclic) bond motifs is 3. The molecule has 8 atom stereocenters. The molecule has 0 radical (unpaired) electrons. The topological polar surface area (TPSA) is 81.7 Å². The third kappa shape index (κ3) is 6.51. The molecule has 2 aliphatic heterocycles. The van der Waals surface area contributed by atoms with Gasteiger partial charge < -0.3 is 14.8 Å². The van der Waals surface area contributed by atoms with Crippen LogP contribution in [0.15, 0.2) is 35.5 Å². The first-order valence-corrected chi connectivity index (χ1v) is 14.3. The number of carbonyl (C=O) groups is 3. The number of ether oxygens (including phenoxy) is 2. The summed E-state index contributed by atoms with van der Waals surface area (Å²) >= 11 is 24.7. The smallest absolute Gasteiger partial charge is 0.330 e. The van der Waals surface area contributed by atoms with Crippen LogP contribution in [0.4, 0.5) is 0 Å². The fourth-order valence-corrected chi connectivity index (χ4v) is 6.76. The van der Waals surface area contributed by atoms with E-state index in [0.29, 0.717) is 32.2 Å². The van der Waals surface area contributed by atoms with Crippen LogP contribution in [0.5, 0.6) is 0 Å². The Labute approximate surface area is 238 Å². The lowest BCUT2D eigenvalue weighted by Crippen LogP contribution is -2.38. The first-order chi connectivity index (χ1) is 17.3.